The van der Waals surface area contributed by atoms with Crippen LogP contribution in [0.25, 0.3) is 0 Å². The first kappa shape index (κ1) is 19.9. The molecule has 5 heteroatoms. The van der Waals surface area contributed by atoms with Gasteiger partial charge in [-0.1, -0.05) is 32.9 Å². The fourth-order valence-electron chi connectivity index (χ4n) is 2.32. The predicted molar refractivity (Wildman–Crippen MR) is 87.2 cm³/mol. The van der Waals surface area contributed by atoms with Crippen LogP contribution in [-0.2, 0) is 4.79 Å². The number of halogens is 2. The van der Waals surface area contributed by atoms with E-state index in [1.165, 1.54) is 12.1 Å². The van der Waals surface area contributed by atoms with E-state index in [0.29, 0.717) is 13.0 Å². The molecule has 0 radical (unpaired) electrons. The van der Waals surface area contributed by atoms with Crippen LogP contribution < -0.4 is 11.1 Å². The lowest BCUT2D eigenvalue weighted by Crippen LogP contribution is -2.53. The lowest BCUT2D eigenvalue weighted by atomic mass is 9.91. The fourth-order valence-corrected chi connectivity index (χ4v) is 2.32. The van der Waals surface area contributed by atoms with Crippen molar-refractivity contribution in [3.05, 3.63) is 35.6 Å². The molecule has 0 aliphatic heterocycles. The number of carbonyl (C=O) groups is 1. The lowest BCUT2D eigenvalue weighted by molar-refractivity contribution is -0.123. The highest BCUT2D eigenvalue weighted by Crippen LogP contribution is 2.21. The summed E-state index contributed by atoms with van der Waals surface area (Å²) in [7, 11) is 0. The van der Waals surface area contributed by atoms with Crippen molar-refractivity contribution in [1.29, 1.82) is 0 Å². The number of rotatable bonds is 7. The minimum atomic E-state index is -0.321. The van der Waals surface area contributed by atoms with E-state index in [9.17, 15) is 9.18 Å². The largest absolute Gasteiger partial charge is 0.349 e. The van der Waals surface area contributed by atoms with Crippen LogP contribution in [0, 0.1) is 5.82 Å². The molecule has 0 saturated carbocycles. The summed E-state index contributed by atoms with van der Waals surface area (Å²) in [6.07, 6.45) is 1.95. The molecule has 0 bridgehead atoms. The van der Waals surface area contributed by atoms with E-state index in [1.54, 1.807) is 6.07 Å². The normalized spacial score (nSPS) is 12.4. The van der Waals surface area contributed by atoms with Crippen molar-refractivity contribution in [3.8, 4) is 0 Å². The fraction of sp³-hybridized carbons (Fsp3) is 0.562. The van der Waals surface area contributed by atoms with Crippen molar-refractivity contribution in [2.24, 2.45) is 5.73 Å². The van der Waals surface area contributed by atoms with E-state index >= 15 is 0 Å². The number of benzene rings is 1. The number of carbonyl (C=O) groups excluding carboxylic acids is 1. The Morgan fingerprint density at radius 2 is 2.00 bits per heavy atom. The van der Waals surface area contributed by atoms with Crippen LogP contribution in [0.2, 0.25) is 0 Å². The average molecular weight is 317 g/mol. The summed E-state index contributed by atoms with van der Waals surface area (Å²) in [6, 6.07) is 6.40. The number of nitrogens with two attached hydrogens (primary N) is 1. The molecule has 3 N–H and O–H groups in total. The number of nitrogens with one attached hydrogen (secondary N) is 1. The van der Waals surface area contributed by atoms with Crippen LogP contribution >= 0.6 is 12.4 Å². The maximum Gasteiger partial charge on any atom is 0.221 e. The molecular formula is C16H26ClFN2O. The average Bonchev–Trinajstić information content (AvgIpc) is 2.45. The minimum Gasteiger partial charge on any atom is -0.349 e. The Morgan fingerprint density at radius 1 is 1.38 bits per heavy atom. The van der Waals surface area contributed by atoms with Gasteiger partial charge < -0.3 is 11.1 Å². The van der Waals surface area contributed by atoms with E-state index < -0.39 is 0 Å². The van der Waals surface area contributed by atoms with Gasteiger partial charge in [0.2, 0.25) is 5.91 Å². The summed E-state index contributed by atoms with van der Waals surface area (Å²) in [5.74, 6) is -0.320. The Labute approximate surface area is 132 Å². The highest BCUT2D eigenvalue weighted by Gasteiger charge is 2.26. The zero-order valence-corrected chi connectivity index (χ0v) is 13.8. The topological polar surface area (TPSA) is 55.1 Å². The maximum absolute atomic E-state index is 13.2. The van der Waals surface area contributed by atoms with Gasteiger partial charge in [0.25, 0.3) is 0 Å². The molecule has 21 heavy (non-hydrogen) atoms. The van der Waals surface area contributed by atoms with E-state index in [2.05, 4.69) is 5.32 Å². The molecule has 0 aliphatic carbocycles. The summed E-state index contributed by atoms with van der Waals surface area (Å²) >= 11 is 0. The molecule has 1 atom stereocenters. The van der Waals surface area contributed by atoms with Crippen LogP contribution in [0.4, 0.5) is 4.39 Å². The molecule has 120 valence electrons. The summed E-state index contributed by atoms with van der Waals surface area (Å²) in [4.78, 5) is 12.1. The van der Waals surface area contributed by atoms with Gasteiger partial charge >= 0.3 is 0 Å². The van der Waals surface area contributed by atoms with Crippen molar-refractivity contribution in [2.45, 2.75) is 51.5 Å². The number of hydrogen-bond donors (Lipinski definition) is 2. The van der Waals surface area contributed by atoms with Crippen LogP contribution in [-0.4, -0.2) is 18.0 Å². The highest BCUT2D eigenvalue weighted by molar-refractivity contribution is 5.85. The Hall–Kier alpha value is -1.13. The Morgan fingerprint density at radius 3 is 2.48 bits per heavy atom. The van der Waals surface area contributed by atoms with Gasteiger partial charge in [0.05, 0.1) is 5.54 Å². The molecule has 0 aliphatic rings. The summed E-state index contributed by atoms with van der Waals surface area (Å²) in [6.45, 7) is 6.40. The quantitative estimate of drug-likeness (QED) is 0.810. The minimum absolute atomic E-state index is 0. The second-order valence-electron chi connectivity index (χ2n) is 5.40. The monoisotopic (exact) mass is 316 g/mol. The molecule has 1 unspecified atom stereocenters. The summed E-state index contributed by atoms with van der Waals surface area (Å²) in [5, 5.41) is 3.04. The molecule has 1 rings (SSSR count). The van der Waals surface area contributed by atoms with E-state index in [1.807, 2.05) is 26.8 Å². The summed E-state index contributed by atoms with van der Waals surface area (Å²) < 4.78 is 13.2. The molecule has 0 aromatic heterocycles. The van der Waals surface area contributed by atoms with Crippen molar-refractivity contribution in [1.82, 2.24) is 5.32 Å². The maximum atomic E-state index is 13.2. The molecular weight excluding hydrogens is 291 g/mol. The molecule has 0 heterocycles. The third-order valence-electron chi connectivity index (χ3n) is 4.06. The first-order valence-corrected chi connectivity index (χ1v) is 7.23. The number of hydrogen-bond acceptors (Lipinski definition) is 2. The first-order valence-electron chi connectivity index (χ1n) is 7.23. The molecule has 1 aromatic rings. The summed E-state index contributed by atoms with van der Waals surface area (Å²) in [5.41, 5.74) is 6.29. The molecule has 3 nitrogen and oxygen atoms in total. The zero-order valence-electron chi connectivity index (χ0n) is 13.0. The number of amides is 1. The molecule has 1 aromatic carbocycles. The predicted octanol–water partition coefficient (Wildman–Crippen LogP) is 3.37. The van der Waals surface area contributed by atoms with Crippen molar-refractivity contribution >= 4 is 18.3 Å². The zero-order chi connectivity index (χ0) is 15.2. The highest BCUT2D eigenvalue weighted by atomic mass is 35.5. The first-order chi connectivity index (χ1) is 9.46. The van der Waals surface area contributed by atoms with Crippen LogP contribution in [0.5, 0.6) is 0 Å². The van der Waals surface area contributed by atoms with Crippen LogP contribution in [0.15, 0.2) is 24.3 Å². The van der Waals surface area contributed by atoms with Crippen LogP contribution in [0.3, 0.4) is 0 Å². The van der Waals surface area contributed by atoms with Crippen molar-refractivity contribution in [3.63, 3.8) is 0 Å². The standard InChI is InChI=1S/C16H25FN2O.ClH/c1-4-16(5-2,11-18)19-15(20)9-12(3)13-7-6-8-14(17)10-13;/h6-8,10,12H,4-5,9,11,18H2,1-3H3,(H,19,20);1H. The second-order valence-corrected chi connectivity index (χ2v) is 5.40. The van der Waals surface area contributed by atoms with E-state index in [-0.39, 0.29) is 35.6 Å². The SMILES string of the molecule is CCC(CC)(CN)NC(=O)CC(C)c1cccc(F)c1.Cl. The van der Waals surface area contributed by atoms with Crippen molar-refractivity contribution in [2.75, 3.05) is 6.54 Å². The smallest absolute Gasteiger partial charge is 0.221 e. The van der Waals surface area contributed by atoms with Gasteiger partial charge in [-0.05, 0) is 36.5 Å². The molecule has 0 spiro atoms. The molecule has 1 amide bonds. The lowest BCUT2D eigenvalue weighted by Gasteiger charge is -2.32. The van der Waals surface area contributed by atoms with Gasteiger partial charge in [-0.15, -0.1) is 12.4 Å². The van der Waals surface area contributed by atoms with Gasteiger partial charge in [0, 0.05) is 13.0 Å². The van der Waals surface area contributed by atoms with Crippen LogP contribution in [0.1, 0.15) is 51.5 Å². The second kappa shape index (κ2) is 9.00. The third kappa shape index (κ3) is 5.64. The Kier molecular flexibility index (Phi) is 8.52. The van der Waals surface area contributed by atoms with Gasteiger partial charge in [-0.25, -0.2) is 4.39 Å². The van der Waals surface area contributed by atoms with Crippen molar-refractivity contribution < 1.29 is 9.18 Å². The molecule has 0 fully saturated rings. The van der Waals surface area contributed by atoms with Gasteiger partial charge in [-0.2, -0.15) is 0 Å². The Bertz CT molecular complexity index is 441. The van der Waals surface area contributed by atoms with Gasteiger partial charge in [0.15, 0.2) is 0 Å². The third-order valence-corrected chi connectivity index (χ3v) is 4.06. The van der Waals surface area contributed by atoms with Gasteiger partial charge in [-0.3, -0.25) is 4.79 Å². The Balaban J connectivity index is 0.00000400. The molecule has 0 saturated heterocycles. The van der Waals surface area contributed by atoms with Gasteiger partial charge in [0.1, 0.15) is 5.82 Å². The van der Waals surface area contributed by atoms with E-state index in [4.69, 9.17) is 5.73 Å². The van der Waals surface area contributed by atoms with E-state index in [0.717, 1.165) is 18.4 Å².